The minimum Gasteiger partial charge on any atom is -0.389 e. The van der Waals surface area contributed by atoms with Crippen molar-refractivity contribution in [3.8, 4) is 0 Å². The Balaban J connectivity index is 1.63. The molecule has 4 aromatic rings. The molecule has 3 nitrogen and oxygen atoms in total. The number of halogens is 2. The summed E-state index contributed by atoms with van der Waals surface area (Å²) in [6, 6.07) is 19.4. The largest absolute Gasteiger partial charge is 0.389 e. The van der Waals surface area contributed by atoms with Crippen LogP contribution in [0.2, 0.25) is 0 Å². The van der Waals surface area contributed by atoms with Crippen LogP contribution in [0.5, 0.6) is 0 Å². The number of aliphatic hydroxyl groups excluding tert-OH is 1. The van der Waals surface area contributed by atoms with Crippen molar-refractivity contribution in [3.05, 3.63) is 72.9 Å². The van der Waals surface area contributed by atoms with Crippen LogP contribution < -0.4 is 5.32 Å². The summed E-state index contributed by atoms with van der Waals surface area (Å²) in [4.78, 5) is 0. The third-order valence-corrected chi connectivity index (χ3v) is 6.43. The van der Waals surface area contributed by atoms with E-state index in [1.54, 1.807) is 0 Å². The highest BCUT2D eigenvalue weighted by Gasteiger charge is 2.15. The quantitative estimate of drug-likeness (QED) is 0.274. The van der Waals surface area contributed by atoms with E-state index in [-0.39, 0.29) is 0 Å². The van der Waals surface area contributed by atoms with Crippen LogP contribution in [0.1, 0.15) is 11.1 Å². The third kappa shape index (κ3) is 4.02. The Kier molecular flexibility index (Phi) is 5.85. The predicted molar refractivity (Wildman–Crippen MR) is 135 cm³/mol. The highest BCUT2D eigenvalue weighted by Crippen LogP contribution is 2.31. The van der Waals surface area contributed by atoms with Gasteiger partial charge in [0.25, 0.3) is 0 Å². The van der Waals surface area contributed by atoms with Crippen LogP contribution in [0.25, 0.3) is 21.8 Å². The van der Waals surface area contributed by atoms with Crippen molar-refractivity contribution < 1.29 is 5.11 Å². The molecule has 0 saturated carbocycles. The number of nitrogens with zero attached hydrogens (tertiary/aromatic N) is 1. The van der Waals surface area contributed by atoms with Crippen molar-refractivity contribution in [3.63, 3.8) is 0 Å². The summed E-state index contributed by atoms with van der Waals surface area (Å²) in [6.45, 7) is 5.26. The van der Waals surface area contributed by atoms with Crippen molar-refractivity contribution >= 4 is 72.7 Å². The third-order valence-electron chi connectivity index (χ3n) is 5.09. The van der Waals surface area contributed by atoms with E-state index in [9.17, 15) is 5.11 Å². The maximum Gasteiger partial charge on any atom is 0.0891 e. The van der Waals surface area contributed by atoms with Gasteiger partial charge < -0.3 is 15.0 Å². The van der Waals surface area contributed by atoms with Gasteiger partial charge in [-0.15, -0.1) is 0 Å². The number of hydrogen-bond donors (Lipinski definition) is 2. The fourth-order valence-electron chi connectivity index (χ4n) is 3.76. The molecule has 1 aromatic heterocycles. The second kappa shape index (κ2) is 8.20. The van der Waals surface area contributed by atoms with Gasteiger partial charge in [0.1, 0.15) is 0 Å². The van der Waals surface area contributed by atoms with Gasteiger partial charge >= 0.3 is 0 Å². The van der Waals surface area contributed by atoms with E-state index < -0.39 is 6.10 Å². The Morgan fingerprint density at radius 2 is 1.50 bits per heavy atom. The van der Waals surface area contributed by atoms with Gasteiger partial charge in [-0.2, -0.15) is 0 Å². The number of anilines is 1. The van der Waals surface area contributed by atoms with Crippen LogP contribution in [0, 0.1) is 21.0 Å². The number of benzene rings is 3. The Labute approximate surface area is 192 Å². The lowest BCUT2D eigenvalue weighted by molar-refractivity contribution is 0.169. The molecule has 3 aromatic carbocycles. The van der Waals surface area contributed by atoms with Gasteiger partial charge in [-0.1, -0.05) is 17.7 Å². The topological polar surface area (TPSA) is 37.2 Å². The summed E-state index contributed by atoms with van der Waals surface area (Å²) in [6.07, 6.45) is -0.488. The van der Waals surface area contributed by atoms with Gasteiger partial charge in [-0.3, -0.25) is 0 Å². The van der Waals surface area contributed by atoms with E-state index in [1.807, 2.05) is 0 Å². The predicted octanol–water partition coefficient (Wildman–Crippen LogP) is 6.09. The zero-order valence-corrected chi connectivity index (χ0v) is 20.2. The zero-order valence-electron chi connectivity index (χ0n) is 15.8. The van der Waals surface area contributed by atoms with Crippen molar-refractivity contribution in [1.29, 1.82) is 0 Å². The molecule has 0 amide bonds. The van der Waals surface area contributed by atoms with Crippen molar-refractivity contribution in [1.82, 2.24) is 4.57 Å². The van der Waals surface area contributed by atoms with Crippen molar-refractivity contribution in [2.45, 2.75) is 26.5 Å². The van der Waals surface area contributed by atoms with Crippen LogP contribution >= 0.6 is 45.2 Å². The molecule has 0 aliphatic carbocycles. The Hall–Kier alpha value is -1.32. The number of rotatable bonds is 5. The Morgan fingerprint density at radius 3 is 2.07 bits per heavy atom. The van der Waals surface area contributed by atoms with Crippen LogP contribution in [-0.2, 0) is 6.54 Å². The molecule has 0 spiro atoms. The molecule has 1 unspecified atom stereocenters. The summed E-state index contributed by atoms with van der Waals surface area (Å²) >= 11 is 4.72. The van der Waals surface area contributed by atoms with Gasteiger partial charge in [0, 0.05) is 41.2 Å². The summed E-state index contributed by atoms with van der Waals surface area (Å²) < 4.78 is 4.69. The summed E-state index contributed by atoms with van der Waals surface area (Å²) in [5.41, 5.74) is 5.87. The standard InChI is InChI=1S/C23H22I2N2O/c1-14-3-6-21(15(2)9-14)26-12-18(28)13-27-22-7-4-16(24)10-19(22)20-11-17(25)5-8-23(20)27/h3-11,18,26,28H,12-13H2,1-2H3. The summed E-state index contributed by atoms with van der Waals surface area (Å²) in [5, 5.41) is 16.7. The number of aryl methyl sites for hydroxylation is 2. The first-order chi connectivity index (χ1) is 13.4. The number of fused-ring (bicyclic) bond motifs is 3. The Bertz CT molecular complexity index is 1110. The lowest BCUT2D eigenvalue weighted by Gasteiger charge is -2.17. The van der Waals surface area contributed by atoms with Crippen LogP contribution in [0.4, 0.5) is 5.69 Å². The second-order valence-corrected chi connectivity index (χ2v) is 9.78. The van der Waals surface area contributed by atoms with Gasteiger partial charge in [-0.05, 0) is 107 Å². The average molecular weight is 596 g/mol. The molecule has 144 valence electrons. The first-order valence-electron chi connectivity index (χ1n) is 9.28. The SMILES string of the molecule is Cc1ccc(NCC(O)Cn2c3ccc(I)cc3c3cc(I)ccc32)c(C)c1. The van der Waals surface area contributed by atoms with Crippen molar-refractivity contribution in [2.75, 3.05) is 11.9 Å². The lowest BCUT2D eigenvalue weighted by atomic mass is 10.1. The fourth-order valence-corrected chi connectivity index (χ4v) is 4.74. The van der Waals surface area contributed by atoms with E-state index in [0.717, 1.165) is 5.69 Å². The maximum atomic E-state index is 10.8. The molecule has 5 heteroatoms. The number of aromatic nitrogens is 1. The van der Waals surface area contributed by atoms with E-state index >= 15 is 0 Å². The molecular formula is C23H22I2N2O. The molecule has 0 aliphatic heterocycles. The fraction of sp³-hybridized carbons (Fsp3) is 0.217. The molecule has 0 radical (unpaired) electrons. The van der Waals surface area contributed by atoms with E-state index in [4.69, 9.17) is 0 Å². The Morgan fingerprint density at radius 1 is 0.893 bits per heavy atom. The van der Waals surface area contributed by atoms with Gasteiger partial charge in [-0.25, -0.2) is 0 Å². The second-order valence-electron chi connectivity index (χ2n) is 7.29. The molecular weight excluding hydrogens is 574 g/mol. The molecule has 0 fully saturated rings. The van der Waals surface area contributed by atoms with Crippen molar-refractivity contribution in [2.24, 2.45) is 0 Å². The maximum absolute atomic E-state index is 10.8. The summed E-state index contributed by atoms with van der Waals surface area (Å²) in [7, 11) is 0. The first kappa shape index (κ1) is 20.0. The van der Waals surface area contributed by atoms with Gasteiger partial charge in [0.15, 0.2) is 0 Å². The molecule has 4 rings (SSSR count). The molecule has 0 bridgehead atoms. The number of nitrogens with one attached hydrogen (secondary N) is 1. The molecule has 2 N–H and O–H groups in total. The van der Waals surface area contributed by atoms with Gasteiger partial charge in [0.05, 0.1) is 12.6 Å². The normalized spacial score (nSPS) is 12.6. The van der Waals surface area contributed by atoms with E-state index in [1.165, 1.54) is 40.1 Å². The average Bonchev–Trinajstić information content (AvgIpc) is 2.93. The molecule has 28 heavy (non-hydrogen) atoms. The number of hydrogen-bond acceptors (Lipinski definition) is 2. The highest BCUT2D eigenvalue weighted by molar-refractivity contribution is 14.1. The van der Waals surface area contributed by atoms with Crippen LogP contribution in [-0.4, -0.2) is 22.3 Å². The lowest BCUT2D eigenvalue weighted by Crippen LogP contribution is -2.25. The smallest absolute Gasteiger partial charge is 0.0891 e. The van der Waals surface area contributed by atoms with E-state index in [2.05, 4.69) is 124 Å². The molecule has 0 aliphatic rings. The number of aliphatic hydroxyl groups is 1. The van der Waals surface area contributed by atoms with E-state index in [0.29, 0.717) is 13.1 Å². The van der Waals surface area contributed by atoms with Gasteiger partial charge in [0.2, 0.25) is 0 Å². The minimum absolute atomic E-state index is 0.488. The minimum atomic E-state index is -0.488. The molecule has 1 atom stereocenters. The van der Waals surface area contributed by atoms with Crippen LogP contribution in [0.15, 0.2) is 54.6 Å². The molecule has 0 saturated heterocycles. The first-order valence-corrected chi connectivity index (χ1v) is 11.4. The highest BCUT2D eigenvalue weighted by atomic mass is 127. The monoisotopic (exact) mass is 596 g/mol. The summed E-state index contributed by atoms with van der Waals surface area (Å²) in [5.74, 6) is 0. The zero-order chi connectivity index (χ0) is 19.8. The van der Waals surface area contributed by atoms with Crippen LogP contribution in [0.3, 0.4) is 0 Å². The molecule has 1 heterocycles.